The van der Waals surface area contributed by atoms with Crippen LogP contribution >= 0.6 is 11.3 Å². The smallest absolute Gasteiger partial charge is 0.240 e. The number of aromatic nitrogens is 1. The van der Waals surface area contributed by atoms with Crippen molar-refractivity contribution in [2.45, 2.75) is 38.1 Å². The second kappa shape index (κ2) is 7.23. The van der Waals surface area contributed by atoms with Crippen LogP contribution in [0.25, 0.3) is 0 Å². The summed E-state index contributed by atoms with van der Waals surface area (Å²) in [5, 5.41) is 2.92. The molecular weight excluding hydrogens is 358 g/mol. The van der Waals surface area contributed by atoms with E-state index >= 15 is 0 Å². The second-order valence-corrected chi connectivity index (χ2v) is 8.96. The van der Waals surface area contributed by atoms with E-state index in [2.05, 4.69) is 9.71 Å². The fraction of sp³-hybridized carbons (Fsp3) is 0.412. The first kappa shape index (κ1) is 18.0. The fourth-order valence-corrected chi connectivity index (χ4v) is 4.62. The molecule has 134 valence electrons. The number of rotatable bonds is 5. The Hall–Kier alpha value is -1.77. The van der Waals surface area contributed by atoms with Crippen molar-refractivity contribution >= 4 is 27.3 Å². The van der Waals surface area contributed by atoms with Crippen LogP contribution in [-0.2, 0) is 34.2 Å². The third-order valence-electron chi connectivity index (χ3n) is 4.29. The number of sulfonamides is 1. The molecule has 2 aromatic rings. The first-order chi connectivity index (χ1) is 11.8. The van der Waals surface area contributed by atoms with Gasteiger partial charge in [-0.2, -0.15) is 0 Å². The SMILES string of the molecule is CC(=O)N1CCc2ccc(S(=O)(=O)NCCc3csc(C)n3)cc2C1. The van der Waals surface area contributed by atoms with Gasteiger partial charge in [-0.1, -0.05) is 6.07 Å². The van der Waals surface area contributed by atoms with E-state index in [1.807, 2.05) is 18.4 Å². The van der Waals surface area contributed by atoms with Crippen molar-refractivity contribution in [3.8, 4) is 0 Å². The number of nitrogens with one attached hydrogen (secondary N) is 1. The van der Waals surface area contributed by atoms with Crippen molar-refractivity contribution in [1.82, 2.24) is 14.6 Å². The number of fused-ring (bicyclic) bond motifs is 1. The molecule has 8 heteroatoms. The summed E-state index contributed by atoms with van der Waals surface area (Å²) in [6.45, 7) is 4.91. The molecular formula is C17H21N3O3S2. The second-order valence-electron chi connectivity index (χ2n) is 6.13. The van der Waals surface area contributed by atoms with Crippen molar-refractivity contribution in [3.05, 3.63) is 45.4 Å². The number of thiazole rings is 1. The summed E-state index contributed by atoms with van der Waals surface area (Å²) in [6, 6.07) is 5.17. The molecule has 1 amide bonds. The zero-order valence-electron chi connectivity index (χ0n) is 14.3. The summed E-state index contributed by atoms with van der Waals surface area (Å²) in [6.07, 6.45) is 1.32. The largest absolute Gasteiger partial charge is 0.338 e. The minimum atomic E-state index is -3.57. The standard InChI is InChI=1S/C17H21N3O3S2/c1-12-19-16(11-24-12)5-7-18-25(22,23)17-4-3-14-6-8-20(13(2)21)10-15(14)9-17/h3-4,9,11,18H,5-8,10H2,1-2H3. The van der Waals surface area contributed by atoms with Crippen LogP contribution in [0.15, 0.2) is 28.5 Å². The van der Waals surface area contributed by atoms with Crippen molar-refractivity contribution < 1.29 is 13.2 Å². The van der Waals surface area contributed by atoms with Crippen LogP contribution in [0.4, 0.5) is 0 Å². The van der Waals surface area contributed by atoms with Gasteiger partial charge in [-0.15, -0.1) is 11.3 Å². The Balaban J connectivity index is 1.70. The van der Waals surface area contributed by atoms with Gasteiger partial charge in [0.15, 0.2) is 0 Å². The highest BCUT2D eigenvalue weighted by Crippen LogP contribution is 2.22. The Morgan fingerprint density at radius 3 is 2.84 bits per heavy atom. The molecule has 0 aliphatic carbocycles. The normalized spacial score (nSPS) is 14.4. The van der Waals surface area contributed by atoms with E-state index in [0.717, 1.165) is 28.2 Å². The minimum Gasteiger partial charge on any atom is -0.338 e. The molecule has 1 aliphatic rings. The molecule has 0 saturated carbocycles. The van der Waals surface area contributed by atoms with Crippen molar-refractivity contribution in [2.75, 3.05) is 13.1 Å². The number of benzene rings is 1. The maximum absolute atomic E-state index is 12.5. The summed E-state index contributed by atoms with van der Waals surface area (Å²) in [5.74, 6) is 0.00981. The monoisotopic (exact) mass is 379 g/mol. The quantitative estimate of drug-likeness (QED) is 0.860. The Labute approximate surface area is 151 Å². The first-order valence-electron chi connectivity index (χ1n) is 8.13. The summed E-state index contributed by atoms with van der Waals surface area (Å²) >= 11 is 1.56. The summed E-state index contributed by atoms with van der Waals surface area (Å²) in [4.78, 5) is 17.9. The Morgan fingerprint density at radius 2 is 2.16 bits per heavy atom. The lowest BCUT2D eigenvalue weighted by atomic mass is 10.00. The maximum atomic E-state index is 12.5. The molecule has 1 aliphatic heterocycles. The summed E-state index contributed by atoms with van der Waals surface area (Å²) in [7, 11) is -3.57. The van der Waals surface area contributed by atoms with E-state index in [9.17, 15) is 13.2 Å². The van der Waals surface area contributed by atoms with Crippen molar-refractivity contribution in [3.63, 3.8) is 0 Å². The average Bonchev–Trinajstić information content (AvgIpc) is 2.99. The van der Waals surface area contributed by atoms with Gasteiger partial charge in [-0.05, 0) is 36.6 Å². The summed E-state index contributed by atoms with van der Waals surface area (Å²) < 4.78 is 27.7. The van der Waals surface area contributed by atoms with Gasteiger partial charge in [-0.3, -0.25) is 4.79 Å². The molecule has 0 bridgehead atoms. The molecule has 2 heterocycles. The molecule has 1 N–H and O–H groups in total. The molecule has 0 unspecified atom stereocenters. The zero-order valence-corrected chi connectivity index (χ0v) is 15.9. The predicted molar refractivity (Wildman–Crippen MR) is 97.0 cm³/mol. The first-order valence-corrected chi connectivity index (χ1v) is 10.5. The number of amides is 1. The minimum absolute atomic E-state index is 0.00981. The zero-order chi connectivity index (χ0) is 18.0. The van der Waals surface area contributed by atoms with E-state index in [1.54, 1.807) is 28.4 Å². The molecule has 6 nitrogen and oxygen atoms in total. The van der Waals surface area contributed by atoms with E-state index < -0.39 is 10.0 Å². The van der Waals surface area contributed by atoms with Gasteiger partial charge in [0.2, 0.25) is 15.9 Å². The lowest BCUT2D eigenvalue weighted by Crippen LogP contribution is -2.34. The summed E-state index contributed by atoms with van der Waals surface area (Å²) in [5.41, 5.74) is 2.90. The molecule has 0 atom stereocenters. The molecule has 0 fully saturated rings. The van der Waals surface area contributed by atoms with Crippen molar-refractivity contribution in [1.29, 1.82) is 0 Å². The predicted octanol–water partition coefficient (Wildman–Crippen LogP) is 1.88. The van der Waals surface area contributed by atoms with Gasteiger partial charge >= 0.3 is 0 Å². The van der Waals surface area contributed by atoms with Gasteiger partial charge in [0.05, 0.1) is 15.6 Å². The highest BCUT2D eigenvalue weighted by Gasteiger charge is 2.21. The van der Waals surface area contributed by atoms with Gasteiger partial charge in [0, 0.05) is 38.4 Å². The molecule has 1 aromatic heterocycles. The number of carbonyl (C=O) groups excluding carboxylic acids is 1. The van der Waals surface area contributed by atoms with Crippen LogP contribution < -0.4 is 4.72 Å². The molecule has 0 spiro atoms. The molecule has 1 aromatic carbocycles. The molecule has 3 rings (SSSR count). The molecule has 25 heavy (non-hydrogen) atoms. The van der Waals surface area contributed by atoms with Gasteiger partial charge in [0.25, 0.3) is 0 Å². The number of hydrogen-bond acceptors (Lipinski definition) is 5. The van der Waals surface area contributed by atoms with Crippen LogP contribution in [0.2, 0.25) is 0 Å². The van der Waals surface area contributed by atoms with Gasteiger partial charge < -0.3 is 4.90 Å². The van der Waals surface area contributed by atoms with Crippen LogP contribution in [-0.4, -0.2) is 37.3 Å². The van der Waals surface area contributed by atoms with Crippen LogP contribution in [0.5, 0.6) is 0 Å². The number of nitrogens with zero attached hydrogens (tertiary/aromatic N) is 2. The van der Waals surface area contributed by atoms with E-state index in [1.165, 1.54) is 6.92 Å². The third kappa shape index (κ3) is 4.26. The van der Waals surface area contributed by atoms with Gasteiger partial charge in [0.1, 0.15) is 0 Å². The fourth-order valence-electron chi connectivity index (χ4n) is 2.89. The molecule has 0 radical (unpaired) electrons. The van der Waals surface area contributed by atoms with Crippen molar-refractivity contribution in [2.24, 2.45) is 0 Å². The van der Waals surface area contributed by atoms with Crippen LogP contribution in [0, 0.1) is 6.92 Å². The number of hydrogen-bond donors (Lipinski definition) is 1. The number of carbonyl (C=O) groups is 1. The Bertz CT molecular complexity index is 890. The topological polar surface area (TPSA) is 79.4 Å². The van der Waals surface area contributed by atoms with E-state index in [0.29, 0.717) is 26.1 Å². The average molecular weight is 380 g/mol. The lowest BCUT2D eigenvalue weighted by Gasteiger charge is -2.28. The van der Waals surface area contributed by atoms with Crippen LogP contribution in [0.3, 0.4) is 0 Å². The van der Waals surface area contributed by atoms with E-state index in [4.69, 9.17) is 0 Å². The molecule has 0 saturated heterocycles. The lowest BCUT2D eigenvalue weighted by molar-refractivity contribution is -0.129. The highest BCUT2D eigenvalue weighted by molar-refractivity contribution is 7.89. The number of aryl methyl sites for hydroxylation is 1. The Morgan fingerprint density at radius 1 is 1.36 bits per heavy atom. The maximum Gasteiger partial charge on any atom is 0.240 e. The van der Waals surface area contributed by atoms with E-state index in [-0.39, 0.29) is 10.8 Å². The Kier molecular flexibility index (Phi) is 5.21. The van der Waals surface area contributed by atoms with Crippen LogP contribution in [0.1, 0.15) is 28.8 Å². The third-order valence-corrected chi connectivity index (χ3v) is 6.57. The van der Waals surface area contributed by atoms with Gasteiger partial charge in [-0.25, -0.2) is 18.1 Å². The highest BCUT2D eigenvalue weighted by atomic mass is 32.2.